The van der Waals surface area contributed by atoms with Crippen LogP contribution in [0.2, 0.25) is 0 Å². The first-order valence-corrected chi connectivity index (χ1v) is 12.3. The van der Waals surface area contributed by atoms with E-state index in [0.717, 1.165) is 46.4 Å². The molecule has 4 heterocycles. The highest BCUT2D eigenvalue weighted by Crippen LogP contribution is 2.33. The first-order chi connectivity index (χ1) is 16.2. The van der Waals surface area contributed by atoms with Gasteiger partial charge in [0.25, 0.3) is 0 Å². The van der Waals surface area contributed by atoms with E-state index in [4.69, 9.17) is 14.5 Å². The Bertz CT molecular complexity index is 1190. The van der Waals surface area contributed by atoms with Crippen LogP contribution in [0.15, 0.2) is 35.6 Å². The molecule has 2 aliphatic rings. The van der Waals surface area contributed by atoms with Gasteiger partial charge >= 0.3 is 0 Å². The van der Waals surface area contributed by atoms with Crippen molar-refractivity contribution >= 4 is 40.6 Å². The predicted molar refractivity (Wildman–Crippen MR) is 128 cm³/mol. The molecule has 3 aromatic rings. The normalized spacial score (nSPS) is 15.5. The van der Waals surface area contributed by atoms with Crippen LogP contribution in [0.5, 0.6) is 11.5 Å². The topological polar surface area (TPSA) is 94.4 Å². The first-order valence-electron chi connectivity index (χ1n) is 11.1. The number of aromatic nitrogens is 4. The summed E-state index contributed by atoms with van der Waals surface area (Å²) in [6, 6.07) is 5.58. The van der Waals surface area contributed by atoms with Crippen LogP contribution in [-0.2, 0) is 11.3 Å². The van der Waals surface area contributed by atoms with Gasteiger partial charge in [-0.25, -0.2) is 14.6 Å². The molecule has 1 N–H and O–H groups in total. The molecule has 1 aromatic carbocycles. The number of anilines is 1. The van der Waals surface area contributed by atoms with E-state index in [1.54, 1.807) is 6.08 Å². The van der Waals surface area contributed by atoms with Gasteiger partial charge in [0.1, 0.15) is 5.82 Å². The second-order valence-electron chi connectivity index (χ2n) is 7.92. The fraction of sp³-hybridized carbons (Fsp3) is 0.391. The molecule has 1 amide bonds. The number of nitrogens with zero attached hydrogens (tertiary/aromatic N) is 5. The number of nitrogens with one attached hydrogen (secondary N) is 1. The summed E-state index contributed by atoms with van der Waals surface area (Å²) in [4.78, 5) is 24.1. The average molecular weight is 467 g/mol. The molecule has 0 atom stereocenters. The Morgan fingerprint density at radius 3 is 2.88 bits per heavy atom. The van der Waals surface area contributed by atoms with Crippen molar-refractivity contribution in [3.63, 3.8) is 0 Å². The summed E-state index contributed by atoms with van der Waals surface area (Å²) in [6.07, 6.45) is 10.7. The Balaban J connectivity index is 1.23. The van der Waals surface area contributed by atoms with Crippen LogP contribution < -0.4 is 19.7 Å². The minimum atomic E-state index is -0.169. The third-order valence-electron chi connectivity index (χ3n) is 5.74. The zero-order valence-electron chi connectivity index (χ0n) is 18.5. The lowest BCUT2D eigenvalue weighted by Gasteiger charge is -2.28. The molecular formula is C23H26N6O3S. The molecule has 0 unspecified atom stereocenters. The molecule has 2 aliphatic heterocycles. The zero-order chi connectivity index (χ0) is 22.6. The number of amides is 1. The highest BCUT2D eigenvalue weighted by atomic mass is 32.2. The van der Waals surface area contributed by atoms with Gasteiger partial charge in [-0.15, -0.1) is 0 Å². The number of thioether (sulfide) groups is 1. The molecule has 10 heteroatoms. The Hall–Kier alpha value is -3.27. The summed E-state index contributed by atoms with van der Waals surface area (Å²) < 4.78 is 12.5. The average Bonchev–Trinajstić information content (AvgIpc) is 3.49. The van der Waals surface area contributed by atoms with E-state index in [0.29, 0.717) is 18.8 Å². The van der Waals surface area contributed by atoms with Gasteiger partial charge in [0, 0.05) is 25.7 Å². The van der Waals surface area contributed by atoms with Gasteiger partial charge in [0.2, 0.25) is 12.7 Å². The predicted octanol–water partition coefficient (Wildman–Crippen LogP) is 3.10. The van der Waals surface area contributed by atoms with Crippen molar-refractivity contribution in [2.45, 2.75) is 31.0 Å². The Kier molecular flexibility index (Phi) is 6.34. The Labute approximate surface area is 196 Å². The number of benzene rings is 1. The molecule has 0 spiro atoms. The number of ether oxygens (including phenoxy) is 2. The van der Waals surface area contributed by atoms with E-state index in [1.807, 2.05) is 35.3 Å². The van der Waals surface area contributed by atoms with Crippen molar-refractivity contribution in [1.82, 2.24) is 25.1 Å². The van der Waals surface area contributed by atoms with Crippen LogP contribution in [0.1, 0.15) is 24.8 Å². The van der Waals surface area contributed by atoms with Gasteiger partial charge in [-0.05, 0) is 49.3 Å². The number of hydrogen-bond acceptors (Lipinski definition) is 8. The number of piperidine rings is 1. The second-order valence-corrected chi connectivity index (χ2v) is 8.70. The quantitative estimate of drug-likeness (QED) is 0.323. The Morgan fingerprint density at radius 2 is 2.03 bits per heavy atom. The van der Waals surface area contributed by atoms with Crippen molar-refractivity contribution in [3.8, 4) is 11.5 Å². The van der Waals surface area contributed by atoms with Crippen LogP contribution in [0.4, 0.5) is 5.82 Å². The van der Waals surface area contributed by atoms with Crippen molar-refractivity contribution in [2.75, 3.05) is 37.6 Å². The summed E-state index contributed by atoms with van der Waals surface area (Å²) in [5.41, 5.74) is 1.68. The molecule has 1 fully saturated rings. The van der Waals surface area contributed by atoms with E-state index >= 15 is 0 Å². The number of fused-ring (bicyclic) bond motifs is 2. The van der Waals surface area contributed by atoms with E-state index < -0.39 is 0 Å². The van der Waals surface area contributed by atoms with Gasteiger partial charge < -0.3 is 19.7 Å². The smallest absolute Gasteiger partial charge is 0.244 e. The van der Waals surface area contributed by atoms with Gasteiger partial charge in [-0.2, -0.15) is 5.10 Å². The highest BCUT2D eigenvalue weighted by molar-refractivity contribution is 7.98. The summed E-state index contributed by atoms with van der Waals surface area (Å²) in [6.45, 7) is 3.22. The lowest BCUT2D eigenvalue weighted by atomic mass is 10.1. The first kappa shape index (κ1) is 21.6. The van der Waals surface area contributed by atoms with Crippen LogP contribution in [0.3, 0.4) is 0 Å². The molecule has 0 radical (unpaired) electrons. The van der Waals surface area contributed by atoms with Gasteiger partial charge in [-0.1, -0.05) is 17.8 Å². The maximum absolute atomic E-state index is 12.3. The molecule has 9 nitrogen and oxygen atoms in total. The SMILES string of the molecule is CSc1nc(N2CCCCC2)c2cnn(CCNC(=O)/C=C\c3ccc4c(c3)OCO4)c2n1. The lowest BCUT2D eigenvalue weighted by Crippen LogP contribution is -2.30. The van der Waals surface area contributed by atoms with Crippen molar-refractivity contribution < 1.29 is 14.3 Å². The van der Waals surface area contributed by atoms with Crippen LogP contribution >= 0.6 is 11.8 Å². The molecule has 2 aromatic heterocycles. The van der Waals surface area contributed by atoms with Crippen LogP contribution in [0, 0.1) is 0 Å². The van der Waals surface area contributed by atoms with Crippen LogP contribution in [-0.4, -0.2) is 58.3 Å². The van der Waals surface area contributed by atoms with E-state index in [9.17, 15) is 4.79 Å². The maximum atomic E-state index is 12.3. The summed E-state index contributed by atoms with van der Waals surface area (Å²) in [5.74, 6) is 2.21. The number of carbonyl (C=O) groups is 1. The van der Waals surface area contributed by atoms with E-state index in [2.05, 4.69) is 20.3 Å². The fourth-order valence-electron chi connectivity index (χ4n) is 4.06. The molecule has 33 heavy (non-hydrogen) atoms. The molecular weight excluding hydrogens is 440 g/mol. The minimum absolute atomic E-state index is 0.169. The zero-order valence-corrected chi connectivity index (χ0v) is 19.3. The van der Waals surface area contributed by atoms with E-state index in [1.165, 1.54) is 37.1 Å². The number of carbonyl (C=O) groups excluding carboxylic acids is 1. The highest BCUT2D eigenvalue weighted by Gasteiger charge is 2.19. The maximum Gasteiger partial charge on any atom is 0.244 e. The van der Waals surface area contributed by atoms with Crippen molar-refractivity contribution in [1.29, 1.82) is 0 Å². The summed E-state index contributed by atoms with van der Waals surface area (Å²) in [7, 11) is 0. The number of rotatable bonds is 7. The summed E-state index contributed by atoms with van der Waals surface area (Å²) in [5, 5.41) is 9.14. The molecule has 172 valence electrons. The minimum Gasteiger partial charge on any atom is -0.454 e. The number of hydrogen-bond donors (Lipinski definition) is 1. The lowest BCUT2D eigenvalue weighted by molar-refractivity contribution is -0.116. The largest absolute Gasteiger partial charge is 0.454 e. The van der Waals surface area contributed by atoms with Crippen molar-refractivity contribution in [3.05, 3.63) is 36.0 Å². The molecule has 0 bridgehead atoms. The second kappa shape index (κ2) is 9.70. The molecule has 1 saturated heterocycles. The summed E-state index contributed by atoms with van der Waals surface area (Å²) >= 11 is 1.53. The van der Waals surface area contributed by atoms with Gasteiger partial charge in [0.05, 0.1) is 18.1 Å². The third-order valence-corrected chi connectivity index (χ3v) is 6.29. The van der Waals surface area contributed by atoms with Gasteiger partial charge in [-0.3, -0.25) is 4.79 Å². The Morgan fingerprint density at radius 1 is 1.18 bits per heavy atom. The van der Waals surface area contributed by atoms with Crippen molar-refractivity contribution in [2.24, 2.45) is 0 Å². The third kappa shape index (κ3) is 4.75. The fourth-order valence-corrected chi connectivity index (χ4v) is 4.41. The van der Waals surface area contributed by atoms with Crippen LogP contribution in [0.25, 0.3) is 17.1 Å². The molecule has 0 saturated carbocycles. The van der Waals surface area contributed by atoms with E-state index in [-0.39, 0.29) is 12.7 Å². The molecule has 5 rings (SSSR count). The monoisotopic (exact) mass is 466 g/mol. The molecule has 0 aliphatic carbocycles. The standard InChI is InChI=1S/C23H26N6O3S/c1-33-23-26-21(28-10-3-2-4-11-28)17-14-25-29(22(17)27-23)12-9-24-20(30)8-6-16-5-7-18-19(13-16)32-15-31-18/h5-8,13-14H,2-4,9-12,15H2,1H3,(H,24,30)/b8-6-. The van der Waals surface area contributed by atoms with Gasteiger partial charge in [0.15, 0.2) is 22.3 Å².